The molecular weight excluding hydrogens is 366 g/mol. The van der Waals surface area contributed by atoms with Crippen molar-refractivity contribution in [2.75, 3.05) is 19.5 Å². The summed E-state index contributed by atoms with van der Waals surface area (Å²) < 4.78 is 62.6. The molecule has 0 saturated carbocycles. The van der Waals surface area contributed by atoms with Crippen molar-refractivity contribution < 1.29 is 26.3 Å². The summed E-state index contributed by atoms with van der Waals surface area (Å²) in [5, 5.41) is -0.447. The minimum atomic E-state index is -3.70. The van der Waals surface area contributed by atoms with Crippen molar-refractivity contribution >= 4 is 19.9 Å². The Morgan fingerprint density at radius 1 is 0.960 bits per heavy atom. The van der Waals surface area contributed by atoms with Crippen LogP contribution in [-0.2, 0) is 19.9 Å². The van der Waals surface area contributed by atoms with Crippen molar-refractivity contribution in [2.45, 2.75) is 47.9 Å². The number of piperidine rings is 1. The maximum absolute atomic E-state index is 13.2. The Morgan fingerprint density at radius 2 is 1.56 bits per heavy atom. The van der Waals surface area contributed by atoms with E-state index < -0.39 is 25.1 Å². The number of rotatable bonds is 3. The molecule has 1 aromatic rings. The molecule has 0 amide bonds. The molecular formula is C16H21NO6S2. The van der Waals surface area contributed by atoms with Gasteiger partial charge in [0.25, 0.3) is 0 Å². The fraction of sp³-hybridized carbons (Fsp3) is 0.625. The molecule has 7 nitrogen and oxygen atoms in total. The van der Waals surface area contributed by atoms with Crippen LogP contribution in [0.25, 0.3) is 0 Å². The molecule has 3 aliphatic heterocycles. The molecule has 2 fully saturated rings. The van der Waals surface area contributed by atoms with E-state index in [0.29, 0.717) is 50.4 Å². The maximum atomic E-state index is 13.2. The summed E-state index contributed by atoms with van der Waals surface area (Å²) in [4.78, 5) is 0.173. The molecule has 2 bridgehead atoms. The highest BCUT2D eigenvalue weighted by molar-refractivity contribution is 7.91. The van der Waals surface area contributed by atoms with Gasteiger partial charge in [-0.2, -0.15) is 4.31 Å². The lowest BCUT2D eigenvalue weighted by atomic mass is 10.1. The largest absolute Gasteiger partial charge is 0.486 e. The van der Waals surface area contributed by atoms with Crippen LogP contribution in [0.3, 0.4) is 0 Å². The number of hydrogen-bond acceptors (Lipinski definition) is 6. The zero-order valence-electron chi connectivity index (χ0n) is 13.9. The molecule has 25 heavy (non-hydrogen) atoms. The second kappa shape index (κ2) is 5.85. The summed E-state index contributed by atoms with van der Waals surface area (Å²) in [6.07, 6.45) is 3.40. The van der Waals surface area contributed by atoms with Crippen molar-refractivity contribution in [3.63, 3.8) is 0 Å². The first kappa shape index (κ1) is 17.1. The van der Waals surface area contributed by atoms with E-state index in [4.69, 9.17) is 9.47 Å². The fourth-order valence-electron chi connectivity index (χ4n) is 4.13. The van der Waals surface area contributed by atoms with E-state index in [-0.39, 0.29) is 17.0 Å². The van der Waals surface area contributed by atoms with Gasteiger partial charge in [0.1, 0.15) is 23.1 Å². The molecule has 138 valence electrons. The first-order valence-electron chi connectivity index (χ1n) is 8.39. The van der Waals surface area contributed by atoms with Crippen LogP contribution in [0.2, 0.25) is 0 Å². The predicted octanol–water partition coefficient (Wildman–Crippen LogP) is 1.19. The number of ether oxygens (including phenoxy) is 2. The van der Waals surface area contributed by atoms with Crippen LogP contribution in [0.1, 0.15) is 25.7 Å². The Hall–Kier alpha value is -1.32. The SMILES string of the molecule is CS(=O)(=O)C1CC2CCC(C1)N2S(=O)(=O)c1ccc2c(c1)OCCO2. The van der Waals surface area contributed by atoms with Gasteiger partial charge in [-0.05, 0) is 37.8 Å². The molecule has 4 rings (SSSR count). The molecule has 0 aromatic heterocycles. The highest BCUT2D eigenvalue weighted by Crippen LogP contribution is 2.42. The van der Waals surface area contributed by atoms with Gasteiger partial charge in [0.15, 0.2) is 11.5 Å². The van der Waals surface area contributed by atoms with Gasteiger partial charge < -0.3 is 9.47 Å². The van der Waals surface area contributed by atoms with Crippen molar-refractivity contribution in [3.8, 4) is 11.5 Å². The van der Waals surface area contributed by atoms with Gasteiger partial charge in [-0.1, -0.05) is 0 Å². The minimum absolute atomic E-state index is 0.173. The third-order valence-corrected chi connectivity index (χ3v) is 8.91. The topological polar surface area (TPSA) is 90.0 Å². The Labute approximate surface area is 147 Å². The Kier molecular flexibility index (Phi) is 4.01. The first-order chi connectivity index (χ1) is 11.8. The second-order valence-electron chi connectivity index (χ2n) is 6.95. The highest BCUT2D eigenvalue weighted by atomic mass is 32.2. The van der Waals surface area contributed by atoms with Crippen LogP contribution < -0.4 is 9.47 Å². The Morgan fingerprint density at radius 3 is 2.16 bits per heavy atom. The number of hydrogen-bond donors (Lipinski definition) is 0. The quantitative estimate of drug-likeness (QED) is 0.774. The van der Waals surface area contributed by atoms with E-state index in [1.807, 2.05) is 0 Å². The number of fused-ring (bicyclic) bond motifs is 3. The molecule has 3 aliphatic rings. The van der Waals surface area contributed by atoms with Crippen molar-refractivity contribution in [2.24, 2.45) is 0 Å². The van der Waals surface area contributed by atoms with Crippen LogP contribution in [0.15, 0.2) is 23.1 Å². The van der Waals surface area contributed by atoms with E-state index in [9.17, 15) is 16.8 Å². The number of sulfone groups is 1. The van der Waals surface area contributed by atoms with E-state index >= 15 is 0 Å². The molecule has 2 saturated heterocycles. The van der Waals surface area contributed by atoms with Crippen molar-refractivity contribution in [3.05, 3.63) is 18.2 Å². The normalized spacial score (nSPS) is 29.6. The van der Waals surface area contributed by atoms with Crippen LogP contribution in [-0.4, -0.2) is 57.9 Å². The monoisotopic (exact) mass is 387 g/mol. The number of benzene rings is 1. The number of sulfonamides is 1. The highest BCUT2D eigenvalue weighted by Gasteiger charge is 2.49. The van der Waals surface area contributed by atoms with Crippen LogP contribution in [0.5, 0.6) is 11.5 Å². The van der Waals surface area contributed by atoms with E-state index in [1.54, 1.807) is 6.07 Å². The Bertz CT molecular complexity index is 881. The van der Waals surface area contributed by atoms with Gasteiger partial charge >= 0.3 is 0 Å². The average Bonchev–Trinajstić information content (AvgIpc) is 2.84. The predicted molar refractivity (Wildman–Crippen MR) is 91.1 cm³/mol. The van der Waals surface area contributed by atoms with Gasteiger partial charge in [0, 0.05) is 24.4 Å². The van der Waals surface area contributed by atoms with Gasteiger partial charge in [0.05, 0.1) is 10.1 Å². The molecule has 2 atom stereocenters. The molecule has 0 N–H and O–H groups in total. The standard InChI is InChI=1S/C16H21NO6S2/c1-24(18,19)14-8-11-2-3-12(9-14)17(11)25(20,21)13-4-5-15-16(10-13)23-7-6-22-15/h4-5,10-12,14H,2-3,6-9H2,1H3. The summed E-state index contributed by atoms with van der Waals surface area (Å²) in [5.74, 6) is 0.981. The molecule has 0 aliphatic carbocycles. The molecule has 0 radical (unpaired) electrons. The van der Waals surface area contributed by atoms with E-state index in [1.165, 1.54) is 22.7 Å². The molecule has 3 heterocycles. The molecule has 0 spiro atoms. The summed E-state index contributed by atoms with van der Waals surface area (Å²) in [6.45, 7) is 0.837. The van der Waals surface area contributed by atoms with Crippen LogP contribution >= 0.6 is 0 Å². The van der Waals surface area contributed by atoms with E-state index in [0.717, 1.165) is 0 Å². The summed E-state index contributed by atoms with van der Waals surface area (Å²) in [6, 6.07) is 4.15. The van der Waals surface area contributed by atoms with Gasteiger partial charge in [-0.3, -0.25) is 0 Å². The summed E-state index contributed by atoms with van der Waals surface area (Å²) in [5.41, 5.74) is 0. The summed E-state index contributed by atoms with van der Waals surface area (Å²) >= 11 is 0. The smallest absolute Gasteiger partial charge is 0.243 e. The van der Waals surface area contributed by atoms with Gasteiger partial charge in [-0.25, -0.2) is 16.8 Å². The third kappa shape index (κ3) is 2.92. The zero-order chi connectivity index (χ0) is 17.8. The lowest BCUT2D eigenvalue weighted by molar-refractivity contribution is 0.171. The lowest BCUT2D eigenvalue weighted by Gasteiger charge is -2.37. The van der Waals surface area contributed by atoms with E-state index in [2.05, 4.69) is 0 Å². The number of nitrogens with zero attached hydrogens (tertiary/aromatic N) is 1. The molecule has 2 unspecified atom stereocenters. The van der Waals surface area contributed by atoms with Crippen molar-refractivity contribution in [1.29, 1.82) is 0 Å². The minimum Gasteiger partial charge on any atom is -0.486 e. The molecule has 1 aromatic carbocycles. The van der Waals surface area contributed by atoms with Crippen LogP contribution in [0.4, 0.5) is 0 Å². The lowest BCUT2D eigenvalue weighted by Crippen LogP contribution is -2.49. The first-order valence-corrected chi connectivity index (χ1v) is 11.8. The Balaban J connectivity index is 1.66. The molecule has 9 heteroatoms. The van der Waals surface area contributed by atoms with Crippen LogP contribution in [0, 0.1) is 0 Å². The van der Waals surface area contributed by atoms with Gasteiger partial charge in [-0.15, -0.1) is 0 Å². The second-order valence-corrected chi connectivity index (χ2v) is 11.1. The average molecular weight is 387 g/mol. The van der Waals surface area contributed by atoms with Gasteiger partial charge in [0.2, 0.25) is 10.0 Å². The third-order valence-electron chi connectivity index (χ3n) is 5.32. The fourth-order valence-corrected chi connectivity index (χ4v) is 7.18. The van der Waals surface area contributed by atoms with Crippen molar-refractivity contribution in [1.82, 2.24) is 4.31 Å². The zero-order valence-corrected chi connectivity index (χ0v) is 15.6. The summed E-state index contributed by atoms with van der Waals surface area (Å²) in [7, 11) is -6.85. The maximum Gasteiger partial charge on any atom is 0.243 e.